The summed E-state index contributed by atoms with van der Waals surface area (Å²) in [5.41, 5.74) is 11.5. The van der Waals surface area contributed by atoms with Gasteiger partial charge in [-0.15, -0.1) is 0 Å². The van der Waals surface area contributed by atoms with Crippen molar-refractivity contribution in [2.75, 3.05) is 18.9 Å². The average molecular weight is 434 g/mol. The molecule has 7 nitrogen and oxygen atoms in total. The highest BCUT2D eigenvalue weighted by atomic mass is 16.5. The first kappa shape index (κ1) is 21.8. The lowest BCUT2D eigenvalue weighted by molar-refractivity contribution is 0.0131. The lowest BCUT2D eigenvalue weighted by atomic mass is 9.98. The fourth-order valence-corrected chi connectivity index (χ4v) is 4.23. The highest BCUT2D eigenvalue weighted by molar-refractivity contribution is 5.79. The minimum absolute atomic E-state index is 0.0124. The highest BCUT2D eigenvalue weighted by Crippen LogP contribution is 2.44. The molecule has 0 fully saturated rings. The van der Waals surface area contributed by atoms with Crippen LogP contribution in [0.5, 0.6) is 0 Å². The van der Waals surface area contributed by atoms with Gasteiger partial charge in [0, 0.05) is 24.2 Å². The van der Waals surface area contributed by atoms with Crippen LogP contribution in [0.2, 0.25) is 0 Å². The van der Waals surface area contributed by atoms with Crippen LogP contribution in [0.3, 0.4) is 0 Å². The fraction of sp³-hybridized carbons (Fsp3) is 0.280. The van der Waals surface area contributed by atoms with Crippen LogP contribution in [0, 0.1) is 6.92 Å². The van der Waals surface area contributed by atoms with Gasteiger partial charge in [-0.1, -0.05) is 48.5 Å². The van der Waals surface area contributed by atoms with Crippen molar-refractivity contribution in [3.8, 4) is 11.1 Å². The Labute approximate surface area is 186 Å². The van der Waals surface area contributed by atoms with Crippen LogP contribution in [0.15, 0.2) is 60.8 Å². The van der Waals surface area contributed by atoms with Crippen LogP contribution < -0.4 is 11.1 Å². The SMILES string of the molecule is Cc1cc(N)ncc1C(O)C(O)CCNC(=O)OCC1c2ccccc2-c2ccccc21. The first-order chi connectivity index (χ1) is 15.5. The number of nitrogens with zero attached hydrogens (tertiary/aromatic N) is 1. The van der Waals surface area contributed by atoms with Crippen molar-refractivity contribution < 1.29 is 19.7 Å². The van der Waals surface area contributed by atoms with Crippen molar-refractivity contribution in [3.63, 3.8) is 0 Å². The third-order valence-electron chi connectivity index (χ3n) is 5.91. The molecule has 0 saturated carbocycles. The molecule has 0 bridgehead atoms. The summed E-state index contributed by atoms with van der Waals surface area (Å²) in [6.07, 6.45) is -1.12. The van der Waals surface area contributed by atoms with Crippen molar-refractivity contribution in [1.82, 2.24) is 10.3 Å². The summed E-state index contributed by atoms with van der Waals surface area (Å²) >= 11 is 0. The highest BCUT2D eigenvalue weighted by Gasteiger charge is 2.29. The molecule has 1 aliphatic carbocycles. The summed E-state index contributed by atoms with van der Waals surface area (Å²) in [6, 6.07) is 17.9. The van der Waals surface area contributed by atoms with Gasteiger partial charge >= 0.3 is 6.09 Å². The molecule has 2 aromatic carbocycles. The maximum Gasteiger partial charge on any atom is 0.407 e. The summed E-state index contributed by atoms with van der Waals surface area (Å²) in [5.74, 6) is 0.339. The monoisotopic (exact) mass is 433 g/mol. The number of aliphatic hydroxyl groups excluding tert-OH is 2. The van der Waals surface area contributed by atoms with Gasteiger partial charge in [-0.3, -0.25) is 0 Å². The molecular weight excluding hydrogens is 406 g/mol. The van der Waals surface area contributed by atoms with Crippen LogP contribution in [-0.2, 0) is 4.74 Å². The zero-order valence-corrected chi connectivity index (χ0v) is 17.9. The normalized spacial score (nSPS) is 14.3. The summed E-state index contributed by atoms with van der Waals surface area (Å²) < 4.78 is 5.48. The van der Waals surface area contributed by atoms with E-state index >= 15 is 0 Å². The van der Waals surface area contributed by atoms with E-state index in [-0.39, 0.29) is 25.5 Å². The van der Waals surface area contributed by atoms with Crippen molar-refractivity contribution in [2.45, 2.75) is 31.5 Å². The minimum Gasteiger partial charge on any atom is -0.449 e. The van der Waals surface area contributed by atoms with Crippen LogP contribution in [0.1, 0.15) is 40.7 Å². The van der Waals surface area contributed by atoms with E-state index in [9.17, 15) is 15.0 Å². The number of amides is 1. The topological polar surface area (TPSA) is 118 Å². The van der Waals surface area contributed by atoms with Gasteiger partial charge in [0.25, 0.3) is 0 Å². The lowest BCUT2D eigenvalue weighted by Gasteiger charge is -2.20. The number of fused-ring (bicyclic) bond motifs is 3. The van der Waals surface area contributed by atoms with E-state index in [0.717, 1.165) is 16.7 Å². The molecule has 0 saturated heterocycles. The van der Waals surface area contributed by atoms with Gasteiger partial charge in [0.1, 0.15) is 18.5 Å². The molecule has 1 aliphatic rings. The number of carbonyl (C=O) groups excluding carboxylic acids is 1. The fourth-order valence-electron chi connectivity index (χ4n) is 4.23. The van der Waals surface area contributed by atoms with Crippen molar-refractivity contribution in [3.05, 3.63) is 83.0 Å². The van der Waals surface area contributed by atoms with Crippen molar-refractivity contribution in [2.24, 2.45) is 0 Å². The van der Waals surface area contributed by atoms with E-state index in [2.05, 4.69) is 34.6 Å². The number of pyridine rings is 1. The van der Waals surface area contributed by atoms with Gasteiger partial charge in [0.15, 0.2) is 0 Å². The van der Waals surface area contributed by atoms with Gasteiger partial charge < -0.3 is 26.0 Å². The maximum atomic E-state index is 12.2. The van der Waals surface area contributed by atoms with Gasteiger partial charge in [-0.2, -0.15) is 0 Å². The number of aliphatic hydroxyl groups is 2. The van der Waals surface area contributed by atoms with E-state index in [1.165, 1.54) is 17.3 Å². The van der Waals surface area contributed by atoms with Gasteiger partial charge in [-0.25, -0.2) is 9.78 Å². The average Bonchev–Trinajstić information content (AvgIpc) is 3.11. The number of hydrogen-bond acceptors (Lipinski definition) is 6. The predicted octanol–water partition coefficient (Wildman–Crippen LogP) is 3.30. The predicted molar refractivity (Wildman–Crippen MR) is 122 cm³/mol. The van der Waals surface area contributed by atoms with Crippen LogP contribution >= 0.6 is 0 Å². The number of anilines is 1. The van der Waals surface area contributed by atoms with E-state index in [1.807, 2.05) is 24.3 Å². The molecule has 2 atom stereocenters. The van der Waals surface area contributed by atoms with Crippen LogP contribution in [0.4, 0.5) is 10.6 Å². The molecule has 5 N–H and O–H groups in total. The smallest absolute Gasteiger partial charge is 0.407 e. The first-order valence-electron chi connectivity index (χ1n) is 10.6. The van der Waals surface area contributed by atoms with Gasteiger partial charge in [0.05, 0.1) is 6.10 Å². The third-order valence-corrected chi connectivity index (χ3v) is 5.91. The number of nitrogens with two attached hydrogens (primary N) is 1. The molecule has 1 aromatic heterocycles. The molecule has 1 amide bonds. The van der Waals surface area contributed by atoms with Gasteiger partial charge in [-0.05, 0) is 47.2 Å². The molecule has 0 aliphatic heterocycles. The number of alkyl carbamates (subject to hydrolysis) is 1. The Hall–Kier alpha value is -3.42. The Kier molecular flexibility index (Phi) is 6.39. The minimum atomic E-state index is -1.12. The first-order valence-corrected chi connectivity index (χ1v) is 10.6. The Morgan fingerprint density at radius 3 is 2.38 bits per heavy atom. The maximum absolute atomic E-state index is 12.2. The molecule has 166 valence electrons. The van der Waals surface area contributed by atoms with Crippen molar-refractivity contribution in [1.29, 1.82) is 0 Å². The van der Waals surface area contributed by atoms with Crippen LogP contribution in [0.25, 0.3) is 11.1 Å². The molecule has 2 unspecified atom stereocenters. The summed E-state index contributed by atoms with van der Waals surface area (Å²) in [7, 11) is 0. The number of ether oxygens (including phenoxy) is 1. The number of nitrogens with one attached hydrogen (secondary N) is 1. The second-order valence-corrected chi connectivity index (χ2v) is 8.02. The Bertz CT molecular complexity index is 1070. The van der Waals surface area contributed by atoms with E-state index in [4.69, 9.17) is 10.5 Å². The molecular formula is C25H27N3O4. The molecule has 7 heteroatoms. The quantitative estimate of drug-likeness (QED) is 0.454. The standard InChI is InChI=1S/C25H27N3O4/c1-15-12-23(26)28-13-20(15)24(30)22(29)10-11-27-25(31)32-14-21-18-8-4-2-6-16(18)17-7-3-5-9-19(17)21/h2-9,12-13,21-22,24,29-30H,10-11,14H2,1H3,(H2,26,28)(H,27,31). The zero-order chi connectivity index (χ0) is 22.7. The zero-order valence-electron chi connectivity index (χ0n) is 17.9. The molecule has 3 aromatic rings. The second kappa shape index (κ2) is 9.38. The molecule has 32 heavy (non-hydrogen) atoms. The van der Waals surface area contributed by atoms with E-state index < -0.39 is 18.3 Å². The summed E-state index contributed by atoms with van der Waals surface area (Å²) in [4.78, 5) is 16.2. The molecule has 0 spiro atoms. The number of aromatic nitrogens is 1. The molecule has 1 heterocycles. The molecule has 0 radical (unpaired) electrons. The lowest BCUT2D eigenvalue weighted by Crippen LogP contribution is -2.31. The summed E-state index contributed by atoms with van der Waals surface area (Å²) in [5, 5.41) is 23.3. The Morgan fingerprint density at radius 1 is 1.12 bits per heavy atom. The summed E-state index contributed by atoms with van der Waals surface area (Å²) in [6.45, 7) is 2.18. The number of aryl methyl sites for hydroxylation is 1. The Morgan fingerprint density at radius 2 is 1.75 bits per heavy atom. The number of nitrogen functional groups attached to an aromatic ring is 1. The van der Waals surface area contributed by atoms with Crippen LogP contribution in [-0.4, -0.2) is 40.5 Å². The molecule has 4 rings (SSSR count). The number of hydrogen-bond donors (Lipinski definition) is 4. The third kappa shape index (κ3) is 4.44. The van der Waals surface area contributed by atoms with E-state index in [1.54, 1.807) is 13.0 Å². The number of carbonyl (C=O) groups is 1. The number of rotatable bonds is 7. The Balaban J connectivity index is 1.29. The van der Waals surface area contributed by atoms with Crippen molar-refractivity contribution >= 4 is 11.9 Å². The second-order valence-electron chi connectivity index (χ2n) is 8.02. The van der Waals surface area contributed by atoms with E-state index in [0.29, 0.717) is 11.4 Å². The largest absolute Gasteiger partial charge is 0.449 e. The van der Waals surface area contributed by atoms with Gasteiger partial charge in [0.2, 0.25) is 0 Å². The number of benzene rings is 2.